The summed E-state index contributed by atoms with van der Waals surface area (Å²) in [6.45, 7) is 1.71. The van der Waals surface area contributed by atoms with Crippen molar-refractivity contribution in [3.63, 3.8) is 0 Å². The van der Waals surface area contributed by atoms with E-state index in [2.05, 4.69) is 10.6 Å². The van der Waals surface area contributed by atoms with Crippen LogP contribution in [-0.4, -0.2) is 36.5 Å². The molecule has 1 fully saturated rings. The summed E-state index contributed by atoms with van der Waals surface area (Å²) in [4.78, 5) is 0. The molecule has 6 aromatic rings. The average molecular weight is 751 g/mol. The second-order valence-corrected chi connectivity index (χ2v) is 14.1. The Bertz CT molecular complexity index is 2060. The van der Waals surface area contributed by atoms with E-state index in [1.54, 1.807) is 14.2 Å². The van der Waals surface area contributed by atoms with E-state index in [-0.39, 0.29) is 23.6 Å². The number of benzene rings is 6. The van der Waals surface area contributed by atoms with E-state index >= 15 is 0 Å². The minimum absolute atomic E-state index is 0.192. The first-order chi connectivity index (χ1) is 27.5. The second kappa shape index (κ2) is 18.6. The van der Waals surface area contributed by atoms with Gasteiger partial charge in [0.2, 0.25) is 0 Å². The maximum atomic E-state index is 11.6. The zero-order chi connectivity index (χ0) is 38.7. The van der Waals surface area contributed by atoms with E-state index < -0.39 is 0 Å². The number of methoxy groups -OCH3 is 2. The van der Waals surface area contributed by atoms with Crippen molar-refractivity contribution < 1.29 is 29.2 Å². The van der Waals surface area contributed by atoms with Crippen LogP contribution in [0.3, 0.4) is 0 Å². The van der Waals surface area contributed by atoms with Crippen LogP contribution in [0, 0.1) is 0 Å². The van der Waals surface area contributed by atoms with E-state index in [0.717, 1.165) is 81.7 Å². The third-order valence-electron chi connectivity index (χ3n) is 10.6. The van der Waals surface area contributed by atoms with Crippen molar-refractivity contribution >= 4 is 0 Å². The number of aromatic hydroxyl groups is 2. The number of hydrogen-bond acceptors (Lipinski definition) is 8. The molecule has 56 heavy (non-hydrogen) atoms. The van der Waals surface area contributed by atoms with E-state index in [1.165, 1.54) is 0 Å². The zero-order valence-corrected chi connectivity index (χ0v) is 32.0. The highest BCUT2D eigenvalue weighted by atomic mass is 16.5. The molecule has 1 aliphatic carbocycles. The Labute approximate surface area is 329 Å². The van der Waals surface area contributed by atoms with Gasteiger partial charge in [-0.3, -0.25) is 0 Å². The van der Waals surface area contributed by atoms with Crippen LogP contribution < -0.4 is 29.6 Å². The van der Waals surface area contributed by atoms with Gasteiger partial charge in [-0.25, -0.2) is 0 Å². The lowest BCUT2D eigenvalue weighted by Gasteiger charge is -2.33. The molecule has 0 radical (unpaired) electrons. The number of hydrogen-bond donors (Lipinski definition) is 4. The molecule has 8 heteroatoms. The molecule has 0 saturated heterocycles. The average Bonchev–Trinajstić information content (AvgIpc) is 3.25. The summed E-state index contributed by atoms with van der Waals surface area (Å²) in [7, 11) is 3.31. The minimum Gasteiger partial charge on any atom is -0.507 e. The van der Waals surface area contributed by atoms with Crippen LogP contribution in [0.1, 0.15) is 47.9 Å². The number of nitrogens with one attached hydrogen (secondary N) is 2. The maximum absolute atomic E-state index is 11.6. The highest BCUT2D eigenvalue weighted by molar-refractivity contribution is 5.77. The van der Waals surface area contributed by atoms with Crippen molar-refractivity contribution in [3.05, 3.63) is 156 Å². The monoisotopic (exact) mass is 750 g/mol. The van der Waals surface area contributed by atoms with Gasteiger partial charge in [-0.05, 0) is 37.1 Å². The van der Waals surface area contributed by atoms with Crippen LogP contribution in [0.2, 0.25) is 0 Å². The number of ether oxygens (including phenoxy) is 4. The van der Waals surface area contributed by atoms with Crippen molar-refractivity contribution in [2.75, 3.05) is 14.2 Å². The SMILES string of the molecule is COc1ccccc1COc1ccccc1-c1cccc(CNC2CCCC[C@@H]2NCc2cccc(-c3ccccc3OCc3ccccc3OC)c2O)c1O. The number of phenolic OH excluding ortho intramolecular Hbond substituents is 2. The van der Waals surface area contributed by atoms with E-state index in [4.69, 9.17) is 18.9 Å². The largest absolute Gasteiger partial charge is 0.507 e. The molecule has 0 spiro atoms. The zero-order valence-electron chi connectivity index (χ0n) is 32.0. The lowest BCUT2D eigenvalue weighted by atomic mass is 9.89. The van der Waals surface area contributed by atoms with Crippen LogP contribution >= 0.6 is 0 Å². The van der Waals surface area contributed by atoms with Crippen LogP contribution in [0.25, 0.3) is 22.3 Å². The van der Waals surface area contributed by atoms with E-state index in [9.17, 15) is 10.2 Å². The van der Waals surface area contributed by atoms with Gasteiger partial charge in [0.05, 0.1) is 14.2 Å². The predicted molar refractivity (Wildman–Crippen MR) is 221 cm³/mol. The fourth-order valence-corrected chi connectivity index (χ4v) is 7.59. The van der Waals surface area contributed by atoms with Crippen LogP contribution in [-0.2, 0) is 26.3 Å². The molecule has 4 N–H and O–H groups in total. The Hall–Kier alpha value is -5.96. The number of para-hydroxylation sites is 6. The summed E-state index contributed by atoms with van der Waals surface area (Å²) in [5, 5.41) is 30.7. The molecule has 0 aromatic heterocycles. The molecule has 288 valence electrons. The number of phenols is 2. The molecule has 1 unspecified atom stereocenters. The summed E-state index contributed by atoms with van der Waals surface area (Å²) in [6, 6.07) is 43.4. The first-order valence-electron chi connectivity index (χ1n) is 19.3. The Morgan fingerprint density at radius 3 is 1.23 bits per heavy atom. The highest BCUT2D eigenvalue weighted by Gasteiger charge is 2.26. The molecule has 0 bridgehead atoms. The quantitative estimate of drug-likeness (QED) is 0.0776. The maximum Gasteiger partial charge on any atom is 0.128 e. The molecule has 8 nitrogen and oxygen atoms in total. The molecular weight excluding hydrogens is 701 g/mol. The highest BCUT2D eigenvalue weighted by Crippen LogP contribution is 2.40. The molecule has 0 heterocycles. The van der Waals surface area contributed by atoms with E-state index in [0.29, 0.717) is 37.8 Å². The summed E-state index contributed by atoms with van der Waals surface area (Å²) >= 11 is 0. The van der Waals surface area contributed by atoms with Crippen molar-refractivity contribution in [2.24, 2.45) is 0 Å². The smallest absolute Gasteiger partial charge is 0.128 e. The van der Waals surface area contributed by atoms with Gasteiger partial charge in [-0.1, -0.05) is 122 Å². The summed E-state index contributed by atoms with van der Waals surface area (Å²) in [5.41, 5.74) is 6.63. The standard InChI is InChI=1S/C48H50N2O6/c1-53-43-25-9-3-15-35(43)31-55-45-27-11-5-19-37(45)39-21-13-17-33(47(39)51)29-49-41-23-7-8-24-42(41)50-30-34-18-14-22-40(48(34)52)38-20-6-12-28-46(38)56-32-36-16-4-10-26-44(36)54-2/h3-6,9-22,25-28,41-42,49-52H,7-8,23-24,29-32H2,1-2H3/t41-,42?/m0/s1. The molecule has 0 aliphatic heterocycles. The fraction of sp³-hybridized carbons (Fsp3) is 0.250. The summed E-state index contributed by atoms with van der Waals surface area (Å²) in [6.07, 6.45) is 4.29. The van der Waals surface area contributed by atoms with Crippen molar-refractivity contribution in [1.29, 1.82) is 0 Å². The van der Waals surface area contributed by atoms with Gasteiger partial charge in [0.15, 0.2) is 0 Å². The molecular formula is C48H50N2O6. The first kappa shape index (κ1) is 38.3. The van der Waals surface area contributed by atoms with Gasteiger partial charge in [0.1, 0.15) is 47.7 Å². The third-order valence-corrected chi connectivity index (χ3v) is 10.6. The van der Waals surface area contributed by atoms with Crippen LogP contribution in [0.4, 0.5) is 0 Å². The van der Waals surface area contributed by atoms with Gasteiger partial charge in [0.25, 0.3) is 0 Å². The lowest BCUT2D eigenvalue weighted by molar-refractivity contribution is 0.279. The molecule has 1 aliphatic rings. The van der Waals surface area contributed by atoms with Crippen molar-refractivity contribution in [2.45, 2.75) is 64.1 Å². The first-order valence-corrected chi connectivity index (χ1v) is 19.3. The van der Waals surface area contributed by atoms with Gasteiger partial charge >= 0.3 is 0 Å². The summed E-state index contributed by atoms with van der Waals surface area (Å²) < 4.78 is 23.6. The predicted octanol–water partition coefficient (Wildman–Crippen LogP) is 9.80. The lowest BCUT2D eigenvalue weighted by Crippen LogP contribution is -2.49. The van der Waals surface area contributed by atoms with Crippen molar-refractivity contribution in [1.82, 2.24) is 10.6 Å². The molecule has 1 saturated carbocycles. The Morgan fingerprint density at radius 1 is 0.446 bits per heavy atom. The topological polar surface area (TPSA) is 101 Å². The van der Waals surface area contributed by atoms with E-state index in [1.807, 2.05) is 133 Å². The van der Waals surface area contributed by atoms with Gasteiger partial charge in [0, 0.05) is 69.7 Å². The normalized spacial score (nSPS) is 15.2. The molecule has 2 atom stereocenters. The third kappa shape index (κ3) is 8.94. The van der Waals surface area contributed by atoms with Gasteiger partial charge in [-0.15, -0.1) is 0 Å². The Balaban J connectivity index is 1.01. The van der Waals surface area contributed by atoms with Gasteiger partial charge < -0.3 is 39.8 Å². The Kier molecular flexibility index (Phi) is 12.7. The second-order valence-electron chi connectivity index (χ2n) is 14.1. The van der Waals surface area contributed by atoms with Crippen LogP contribution in [0.5, 0.6) is 34.5 Å². The van der Waals surface area contributed by atoms with Crippen LogP contribution in [0.15, 0.2) is 133 Å². The van der Waals surface area contributed by atoms with Gasteiger partial charge in [-0.2, -0.15) is 0 Å². The Morgan fingerprint density at radius 2 is 0.804 bits per heavy atom. The molecule has 7 rings (SSSR count). The minimum atomic E-state index is 0.192. The number of rotatable bonds is 16. The molecule has 6 aromatic carbocycles. The summed E-state index contributed by atoms with van der Waals surface area (Å²) in [5.74, 6) is 3.40. The molecule has 0 amide bonds. The fourth-order valence-electron chi connectivity index (χ4n) is 7.59. The van der Waals surface area contributed by atoms with Crippen molar-refractivity contribution in [3.8, 4) is 56.8 Å².